The summed E-state index contributed by atoms with van der Waals surface area (Å²) in [5.41, 5.74) is 1.32. The van der Waals surface area contributed by atoms with Crippen molar-refractivity contribution in [3.05, 3.63) is 30.3 Å². The third kappa shape index (κ3) is 4.41. The highest BCUT2D eigenvalue weighted by molar-refractivity contribution is 5.67. The second kappa shape index (κ2) is 8.38. The Morgan fingerprint density at radius 3 is 2.58 bits per heavy atom. The Morgan fingerprint density at radius 1 is 1.12 bits per heavy atom. The van der Waals surface area contributed by atoms with Crippen molar-refractivity contribution >= 4 is 11.8 Å². The Morgan fingerprint density at radius 2 is 1.88 bits per heavy atom. The summed E-state index contributed by atoms with van der Waals surface area (Å²) in [5, 5.41) is 3.83. The Kier molecular flexibility index (Phi) is 5.96. The van der Waals surface area contributed by atoms with Gasteiger partial charge in [-0.15, -0.1) is 0 Å². The minimum absolute atomic E-state index is 0.163. The standard InChI is InChI=1S/C19H29N3O2/c1-2-24-19(23)21-13-10-16(11-14-21)20-17-7-6-12-22(15-17)18-8-4-3-5-9-18/h3-5,8-9,16-17,20H,2,6-7,10-15H2,1H3. The number of para-hydroxylation sites is 1. The van der Waals surface area contributed by atoms with Gasteiger partial charge in [0.2, 0.25) is 0 Å². The number of likely N-dealkylation sites (tertiary alicyclic amines) is 1. The molecule has 3 rings (SSSR count). The van der Waals surface area contributed by atoms with Crippen molar-refractivity contribution < 1.29 is 9.53 Å². The number of amides is 1. The molecule has 0 bridgehead atoms. The summed E-state index contributed by atoms with van der Waals surface area (Å²) in [6.45, 7) is 6.12. The number of benzene rings is 1. The van der Waals surface area contributed by atoms with Gasteiger partial charge in [0, 0.05) is 44.0 Å². The van der Waals surface area contributed by atoms with Gasteiger partial charge in [-0.2, -0.15) is 0 Å². The van der Waals surface area contributed by atoms with Crippen molar-refractivity contribution in [2.45, 2.75) is 44.7 Å². The van der Waals surface area contributed by atoms with Crippen LogP contribution in [-0.4, -0.2) is 55.9 Å². The van der Waals surface area contributed by atoms with E-state index in [1.165, 1.54) is 18.5 Å². The molecule has 1 N–H and O–H groups in total. The van der Waals surface area contributed by atoms with Gasteiger partial charge in [0.25, 0.3) is 0 Å². The van der Waals surface area contributed by atoms with Crippen LogP contribution in [0.15, 0.2) is 30.3 Å². The molecule has 5 nitrogen and oxygen atoms in total. The van der Waals surface area contributed by atoms with Crippen LogP contribution >= 0.6 is 0 Å². The maximum atomic E-state index is 11.8. The molecule has 5 heteroatoms. The van der Waals surface area contributed by atoms with Gasteiger partial charge in [0.1, 0.15) is 0 Å². The lowest BCUT2D eigenvalue weighted by Gasteiger charge is -2.39. The molecule has 1 aromatic carbocycles. The molecule has 1 atom stereocenters. The average molecular weight is 331 g/mol. The van der Waals surface area contributed by atoms with Crippen molar-refractivity contribution in [3.63, 3.8) is 0 Å². The lowest BCUT2D eigenvalue weighted by molar-refractivity contribution is 0.0939. The maximum absolute atomic E-state index is 11.8. The van der Waals surface area contributed by atoms with E-state index in [-0.39, 0.29) is 6.09 Å². The molecule has 2 aliphatic rings. The first-order chi connectivity index (χ1) is 11.8. The van der Waals surface area contributed by atoms with Gasteiger partial charge in [-0.25, -0.2) is 4.79 Å². The highest BCUT2D eigenvalue weighted by atomic mass is 16.6. The first-order valence-electron chi connectivity index (χ1n) is 9.24. The van der Waals surface area contributed by atoms with Gasteiger partial charge >= 0.3 is 6.09 Å². The zero-order valence-electron chi connectivity index (χ0n) is 14.6. The quantitative estimate of drug-likeness (QED) is 0.921. The Labute approximate surface area is 145 Å². The smallest absolute Gasteiger partial charge is 0.409 e. The fourth-order valence-corrected chi connectivity index (χ4v) is 3.76. The van der Waals surface area contributed by atoms with Crippen LogP contribution in [0, 0.1) is 0 Å². The van der Waals surface area contributed by atoms with Gasteiger partial charge in [0.15, 0.2) is 0 Å². The lowest BCUT2D eigenvalue weighted by atomic mass is 10.00. The summed E-state index contributed by atoms with van der Waals surface area (Å²) in [6.07, 6.45) is 4.33. The summed E-state index contributed by atoms with van der Waals surface area (Å²) in [7, 11) is 0. The number of hydrogen-bond acceptors (Lipinski definition) is 4. The molecule has 2 aliphatic heterocycles. The molecule has 0 saturated carbocycles. The number of rotatable bonds is 4. The second-order valence-corrected chi connectivity index (χ2v) is 6.75. The Balaban J connectivity index is 1.46. The number of carbonyl (C=O) groups is 1. The largest absolute Gasteiger partial charge is 0.450 e. The Bertz CT molecular complexity index is 515. The second-order valence-electron chi connectivity index (χ2n) is 6.75. The van der Waals surface area contributed by atoms with Gasteiger partial charge in [-0.1, -0.05) is 18.2 Å². The van der Waals surface area contributed by atoms with Crippen molar-refractivity contribution in [1.82, 2.24) is 10.2 Å². The fraction of sp³-hybridized carbons (Fsp3) is 0.632. The van der Waals surface area contributed by atoms with E-state index >= 15 is 0 Å². The highest BCUT2D eigenvalue weighted by Gasteiger charge is 2.27. The molecule has 2 fully saturated rings. The van der Waals surface area contributed by atoms with Crippen LogP contribution in [0.2, 0.25) is 0 Å². The first-order valence-corrected chi connectivity index (χ1v) is 9.24. The van der Waals surface area contributed by atoms with E-state index < -0.39 is 0 Å². The van der Waals surface area contributed by atoms with Gasteiger partial charge in [-0.3, -0.25) is 0 Å². The van der Waals surface area contributed by atoms with Crippen molar-refractivity contribution in [2.24, 2.45) is 0 Å². The van der Waals surface area contributed by atoms with Crippen LogP contribution in [-0.2, 0) is 4.74 Å². The molecular weight excluding hydrogens is 302 g/mol. The normalized spacial score (nSPS) is 22.5. The summed E-state index contributed by atoms with van der Waals surface area (Å²) < 4.78 is 5.09. The van der Waals surface area contributed by atoms with Crippen LogP contribution in [0.4, 0.5) is 10.5 Å². The molecule has 132 valence electrons. The van der Waals surface area contributed by atoms with E-state index in [0.29, 0.717) is 18.7 Å². The molecule has 2 saturated heterocycles. The van der Waals surface area contributed by atoms with Gasteiger partial charge < -0.3 is 19.9 Å². The predicted molar refractivity (Wildman–Crippen MR) is 96.4 cm³/mol. The number of ether oxygens (including phenoxy) is 1. The van der Waals surface area contributed by atoms with Gasteiger partial charge in [0.05, 0.1) is 6.61 Å². The molecule has 24 heavy (non-hydrogen) atoms. The molecule has 1 aromatic rings. The number of hydrogen-bond donors (Lipinski definition) is 1. The van der Waals surface area contributed by atoms with Crippen LogP contribution in [0.1, 0.15) is 32.6 Å². The zero-order chi connectivity index (χ0) is 16.8. The summed E-state index contributed by atoms with van der Waals surface area (Å²) in [4.78, 5) is 16.1. The zero-order valence-corrected chi connectivity index (χ0v) is 14.6. The summed E-state index contributed by atoms with van der Waals surface area (Å²) >= 11 is 0. The van der Waals surface area contributed by atoms with Crippen LogP contribution in [0.25, 0.3) is 0 Å². The molecule has 0 spiro atoms. The average Bonchev–Trinajstić information content (AvgIpc) is 2.63. The molecule has 2 heterocycles. The molecule has 1 unspecified atom stereocenters. The molecule has 0 aromatic heterocycles. The highest BCUT2D eigenvalue weighted by Crippen LogP contribution is 2.21. The minimum Gasteiger partial charge on any atom is -0.450 e. The first kappa shape index (κ1) is 17.1. The number of anilines is 1. The van der Waals surface area contributed by atoms with E-state index in [4.69, 9.17) is 4.74 Å². The third-order valence-electron chi connectivity index (χ3n) is 5.04. The number of nitrogens with zero attached hydrogens (tertiary/aromatic N) is 2. The molecule has 1 amide bonds. The number of carbonyl (C=O) groups excluding carboxylic acids is 1. The summed E-state index contributed by atoms with van der Waals surface area (Å²) in [6, 6.07) is 11.7. The van der Waals surface area contributed by atoms with E-state index in [2.05, 4.69) is 40.5 Å². The van der Waals surface area contributed by atoms with E-state index in [1.54, 1.807) is 0 Å². The fourth-order valence-electron chi connectivity index (χ4n) is 3.76. The maximum Gasteiger partial charge on any atom is 0.409 e. The molecular formula is C19H29N3O2. The minimum atomic E-state index is -0.163. The van der Waals surface area contributed by atoms with Crippen molar-refractivity contribution in [2.75, 3.05) is 37.7 Å². The van der Waals surface area contributed by atoms with E-state index in [1.807, 2.05) is 11.8 Å². The lowest BCUT2D eigenvalue weighted by Crippen LogP contribution is -2.52. The topological polar surface area (TPSA) is 44.8 Å². The predicted octanol–water partition coefficient (Wildman–Crippen LogP) is 2.87. The monoisotopic (exact) mass is 331 g/mol. The number of nitrogens with one attached hydrogen (secondary N) is 1. The summed E-state index contributed by atoms with van der Waals surface area (Å²) in [5.74, 6) is 0. The number of piperidine rings is 2. The molecule has 0 radical (unpaired) electrons. The van der Waals surface area contributed by atoms with Crippen LogP contribution < -0.4 is 10.2 Å². The third-order valence-corrected chi connectivity index (χ3v) is 5.04. The van der Waals surface area contributed by atoms with Gasteiger partial charge in [-0.05, 0) is 44.7 Å². The Hall–Kier alpha value is -1.75. The molecule has 0 aliphatic carbocycles. The van der Waals surface area contributed by atoms with Crippen LogP contribution in [0.3, 0.4) is 0 Å². The van der Waals surface area contributed by atoms with E-state index in [9.17, 15) is 4.79 Å². The van der Waals surface area contributed by atoms with Crippen molar-refractivity contribution in [1.29, 1.82) is 0 Å². The van der Waals surface area contributed by atoms with Crippen molar-refractivity contribution in [3.8, 4) is 0 Å². The van der Waals surface area contributed by atoms with Crippen LogP contribution in [0.5, 0.6) is 0 Å². The SMILES string of the molecule is CCOC(=O)N1CCC(NC2CCCN(c3ccccc3)C2)CC1. The van der Waals surface area contributed by atoms with E-state index in [0.717, 1.165) is 39.0 Å².